The van der Waals surface area contributed by atoms with Gasteiger partial charge in [-0.1, -0.05) is 30.3 Å². The normalized spacial score (nSPS) is 12.4. The highest BCUT2D eigenvalue weighted by atomic mass is 16.5. The summed E-state index contributed by atoms with van der Waals surface area (Å²) in [6.07, 6.45) is 1.53. The van der Waals surface area contributed by atoms with Crippen LogP contribution in [-0.2, 0) is 4.74 Å². The molecule has 2 heteroatoms. The molecule has 0 aromatic heterocycles. The van der Waals surface area contributed by atoms with E-state index in [2.05, 4.69) is 6.07 Å². The van der Waals surface area contributed by atoms with Gasteiger partial charge in [0.1, 0.15) is 0 Å². The van der Waals surface area contributed by atoms with Crippen LogP contribution in [0.3, 0.4) is 0 Å². The Labute approximate surface area is 91.5 Å². The highest BCUT2D eigenvalue weighted by molar-refractivity contribution is 5.17. The van der Waals surface area contributed by atoms with Crippen molar-refractivity contribution in [2.24, 2.45) is 0 Å². The second kappa shape index (κ2) is 6.21. The van der Waals surface area contributed by atoms with Gasteiger partial charge in [0.05, 0.1) is 18.3 Å². The first-order valence-electron chi connectivity index (χ1n) is 5.31. The predicted molar refractivity (Wildman–Crippen MR) is 60.3 cm³/mol. The van der Waals surface area contributed by atoms with Crippen molar-refractivity contribution in [2.75, 3.05) is 0 Å². The zero-order chi connectivity index (χ0) is 11.1. The number of hydrogen-bond acceptors (Lipinski definition) is 2. The lowest BCUT2D eigenvalue weighted by Gasteiger charge is -2.19. The standard InChI is InChI=1S/C13H17NO/c1-11(2)15-13(9-6-10-14)12-7-4-3-5-8-12/h3-5,7-8,11,13H,6,9H2,1-2H3/t13-/m1/s1. The van der Waals surface area contributed by atoms with E-state index in [1.165, 1.54) is 0 Å². The Morgan fingerprint density at radius 1 is 1.27 bits per heavy atom. The molecule has 0 spiro atoms. The quantitative estimate of drug-likeness (QED) is 0.734. The molecule has 80 valence electrons. The van der Waals surface area contributed by atoms with Gasteiger partial charge in [-0.25, -0.2) is 0 Å². The van der Waals surface area contributed by atoms with Crippen LogP contribution in [0.1, 0.15) is 38.4 Å². The van der Waals surface area contributed by atoms with Gasteiger partial charge in [0.25, 0.3) is 0 Å². The van der Waals surface area contributed by atoms with Gasteiger partial charge in [-0.15, -0.1) is 0 Å². The average Bonchev–Trinajstić information content (AvgIpc) is 2.25. The maximum atomic E-state index is 8.59. The fourth-order valence-electron chi connectivity index (χ4n) is 1.51. The molecule has 1 rings (SSSR count). The summed E-state index contributed by atoms with van der Waals surface area (Å²) in [6.45, 7) is 4.03. The van der Waals surface area contributed by atoms with Crippen molar-refractivity contribution in [1.82, 2.24) is 0 Å². The molecule has 15 heavy (non-hydrogen) atoms. The van der Waals surface area contributed by atoms with E-state index in [9.17, 15) is 0 Å². The van der Waals surface area contributed by atoms with Gasteiger partial charge in [-0.2, -0.15) is 5.26 Å². The Morgan fingerprint density at radius 3 is 2.47 bits per heavy atom. The van der Waals surface area contributed by atoms with Crippen LogP contribution in [0, 0.1) is 11.3 Å². The first kappa shape index (κ1) is 11.7. The maximum absolute atomic E-state index is 8.59. The Morgan fingerprint density at radius 2 is 1.93 bits per heavy atom. The monoisotopic (exact) mass is 203 g/mol. The summed E-state index contributed by atoms with van der Waals surface area (Å²) in [5.74, 6) is 0. The van der Waals surface area contributed by atoms with E-state index in [0.717, 1.165) is 12.0 Å². The van der Waals surface area contributed by atoms with Gasteiger partial charge < -0.3 is 4.74 Å². The lowest BCUT2D eigenvalue weighted by atomic mass is 10.1. The third-order valence-electron chi connectivity index (χ3n) is 2.13. The van der Waals surface area contributed by atoms with Crippen LogP contribution < -0.4 is 0 Å². The molecular formula is C13H17NO. The van der Waals surface area contributed by atoms with Crippen LogP contribution in [0.5, 0.6) is 0 Å². The van der Waals surface area contributed by atoms with E-state index in [1.54, 1.807) is 0 Å². The van der Waals surface area contributed by atoms with Crippen LogP contribution in [0.15, 0.2) is 30.3 Å². The molecule has 0 fully saturated rings. The summed E-state index contributed by atoms with van der Waals surface area (Å²) < 4.78 is 5.79. The van der Waals surface area contributed by atoms with Crippen molar-refractivity contribution in [3.8, 4) is 6.07 Å². The zero-order valence-electron chi connectivity index (χ0n) is 9.31. The van der Waals surface area contributed by atoms with E-state index in [0.29, 0.717) is 6.42 Å². The van der Waals surface area contributed by atoms with Crippen LogP contribution in [-0.4, -0.2) is 6.10 Å². The van der Waals surface area contributed by atoms with E-state index in [-0.39, 0.29) is 12.2 Å². The van der Waals surface area contributed by atoms with Crippen LogP contribution >= 0.6 is 0 Å². The van der Waals surface area contributed by atoms with Gasteiger partial charge in [0, 0.05) is 6.42 Å². The molecule has 0 amide bonds. The first-order valence-corrected chi connectivity index (χ1v) is 5.31. The van der Waals surface area contributed by atoms with E-state index < -0.39 is 0 Å². The Bertz CT molecular complexity index is 313. The molecule has 0 saturated carbocycles. The van der Waals surface area contributed by atoms with Gasteiger partial charge in [-0.05, 0) is 25.8 Å². The SMILES string of the molecule is CC(C)O[C@H](CCC#N)c1ccccc1. The van der Waals surface area contributed by atoms with Crippen molar-refractivity contribution in [1.29, 1.82) is 5.26 Å². The summed E-state index contributed by atoms with van der Waals surface area (Å²) in [4.78, 5) is 0. The third-order valence-corrected chi connectivity index (χ3v) is 2.13. The van der Waals surface area contributed by atoms with Crippen molar-refractivity contribution < 1.29 is 4.74 Å². The summed E-state index contributed by atoms with van der Waals surface area (Å²) in [5.41, 5.74) is 1.15. The average molecular weight is 203 g/mol. The fourth-order valence-corrected chi connectivity index (χ4v) is 1.51. The summed E-state index contributed by atoms with van der Waals surface area (Å²) in [5, 5.41) is 8.59. The fraction of sp³-hybridized carbons (Fsp3) is 0.462. The number of hydrogen-bond donors (Lipinski definition) is 0. The molecule has 0 saturated heterocycles. The Balaban J connectivity index is 2.68. The van der Waals surface area contributed by atoms with Gasteiger partial charge >= 0.3 is 0 Å². The minimum absolute atomic E-state index is 0.0471. The second-order valence-electron chi connectivity index (χ2n) is 3.78. The molecule has 0 radical (unpaired) electrons. The topological polar surface area (TPSA) is 33.0 Å². The second-order valence-corrected chi connectivity index (χ2v) is 3.78. The lowest BCUT2D eigenvalue weighted by molar-refractivity contribution is 0.00251. The number of nitrogens with zero attached hydrogens (tertiary/aromatic N) is 1. The summed E-state index contributed by atoms with van der Waals surface area (Å²) >= 11 is 0. The molecule has 0 aliphatic carbocycles. The number of rotatable bonds is 5. The van der Waals surface area contributed by atoms with Crippen molar-refractivity contribution in [3.05, 3.63) is 35.9 Å². The zero-order valence-corrected chi connectivity index (χ0v) is 9.31. The van der Waals surface area contributed by atoms with Crippen LogP contribution in [0.4, 0.5) is 0 Å². The molecule has 2 nitrogen and oxygen atoms in total. The molecule has 0 N–H and O–H groups in total. The molecule has 0 unspecified atom stereocenters. The van der Waals surface area contributed by atoms with Crippen LogP contribution in [0.2, 0.25) is 0 Å². The molecule has 1 aromatic carbocycles. The highest BCUT2D eigenvalue weighted by Gasteiger charge is 2.12. The smallest absolute Gasteiger partial charge is 0.0838 e. The van der Waals surface area contributed by atoms with E-state index >= 15 is 0 Å². The highest BCUT2D eigenvalue weighted by Crippen LogP contribution is 2.23. The summed E-state index contributed by atoms with van der Waals surface area (Å²) in [7, 11) is 0. The minimum Gasteiger partial charge on any atom is -0.371 e. The summed E-state index contributed by atoms with van der Waals surface area (Å²) in [6, 6.07) is 12.2. The van der Waals surface area contributed by atoms with Gasteiger partial charge in [0.15, 0.2) is 0 Å². The molecule has 1 aromatic rings. The van der Waals surface area contributed by atoms with Gasteiger partial charge in [-0.3, -0.25) is 0 Å². The van der Waals surface area contributed by atoms with Crippen molar-refractivity contribution >= 4 is 0 Å². The molecule has 0 heterocycles. The number of ether oxygens (including phenoxy) is 1. The van der Waals surface area contributed by atoms with Gasteiger partial charge in [0.2, 0.25) is 0 Å². The molecule has 0 aliphatic rings. The molecule has 0 bridgehead atoms. The predicted octanol–water partition coefficient (Wildman–Crippen LogP) is 3.46. The van der Waals surface area contributed by atoms with E-state index in [1.807, 2.05) is 44.2 Å². The Hall–Kier alpha value is -1.33. The van der Waals surface area contributed by atoms with Crippen molar-refractivity contribution in [2.45, 2.75) is 38.9 Å². The molecular weight excluding hydrogens is 186 g/mol. The van der Waals surface area contributed by atoms with E-state index in [4.69, 9.17) is 10.00 Å². The molecule has 0 aliphatic heterocycles. The van der Waals surface area contributed by atoms with Crippen molar-refractivity contribution in [3.63, 3.8) is 0 Å². The number of nitriles is 1. The first-order chi connectivity index (χ1) is 7.24. The maximum Gasteiger partial charge on any atom is 0.0838 e. The minimum atomic E-state index is 0.0471. The lowest BCUT2D eigenvalue weighted by Crippen LogP contribution is -2.10. The van der Waals surface area contributed by atoms with Crippen LogP contribution in [0.25, 0.3) is 0 Å². The molecule has 1 atom stereocenters. The number of benzene rings is 1. The largest absolute Gasteiger partial charge is 0.371 e. The Kier molecular flexibility index (Phi) is 4.86. The third kappa shape index (κ3) is 4.14.